The van der Waals surface area contributed by atoms with E-state index in [0.29, 0.717) is 5.76 Å². The molecule has 1 rings (SSSR count). The van der Waals surface area contributed by atoms with Gasteiger partial charge in [-0.25, -0.2) is 0 Å². The standard InChI is InChI=1S/C6H9NO2/c1-4(2)5-3-6(8)7-9-5/h3-4H,1-2H3,(H,7,8)/p-1. The van der Waals surface area contributed by atoms with Gasteiger partial charge in [0, 0.05) is 11.8 Å². The molecule has 9 heavy (non-hydrogen) atoms. The van der Waals surface area contributed by atoms with E-state index in [-0.39, 0.29) is 11.8 Å². The van der Waals surface area contributed by atoms with E-state index in [1.165, 1.54) is 6.07 Å². The zero-order valence-electron chi connectivity index (χ0n) is 5.42. The van der Waals surface area contributed by atoms with E-state index in [1.54, 1.807) is 0 Å². The van der Waals surface area contributed by atoms with Crippen LogP contribution in [-0.2, 0) is 0 Å². The molecule has 50 valence electrons. The van der Waals surface area contributed by atoms with Crippen LogP contribution in [0.3, 0.4) is 0 Å². The molecule has 0 aliphatic rings. The Morgan fingerprint density at radius 1 is 1.67 bits per heavy atom. The fourth-order valence-electron chi connectivity index (χ4n) is 0.544. The minimum atomic E-state index is -0.293. The van der Waals surface area contributed by atoms with Gasteiger partial charge < -0.3 is 9.63 Å². The van der Waals surface area contributed by atoms with Gasteiger partial charge in [-0.1, -0.05) is 19.0 Å². The molecule has 1 aromatic heterocycles. The van der Waals surface area contributed by atoms with Crippen molar-refractivity contribution in [3.8, 4) is 5.88 Å². The van der Waals surface area contributed by atoms with Gasteiger partial charge in [0.2, 0.25) is 0 Å². The van der Waals surface area contributed by atoms with Gasteiger partial charge in [0.15, 0.2) is 0 Å². The molecule has 3 heteroatoms. The Morgan fingerprint density at radius 2 is 2.33 bits per heavy atom. The highest BCUT2D eigenvalue weighted by molar-refractivity contribution is 5.10. The van der Waals surface area contributed by atoms with Crippen molar-refractivity contribution in [2.75, 3.05) is 0 Å². The van der Waals surface area contributed by atoms with E-state index in [2.05, 4.69) is 9.68 Å². The molecule has 0 N–H and O–H groups in total. The molecule has 0 aromatic carbocycles. The monoisotopic (exact) mass is 126 g/mol. The summed E-state index contributed by atoms with van der Waals surface area (Å²) in [5, 5.41) is 13.6. The van der Waals surface area contributed by atoms with Gasteiger partial charge in [-0.3, -0.25) is 0 Å². The molecule has 1 aromatic rings. The van der Waals surface area contributed by atoms with Gasteiger partial charge in [-0.05, 0) is 6.07 Å². The number of hydrogen-bond donors (Lipinski definition) is 0. The van der Waals surface area contributed by atoms with Crippen LogP contribution in [0.4, 0.5) is 0 Å². The zero-order valence-corrected chi connectivity index (χ0v) is 5.42. The predicted molar refractivity (Wildman–Crippen MR) is 30.0 cm³/mol. The molecule has 0 unspecified atom stereocenters. The molecule has 3 nitrogen and oxygen atoms in total. The Bertz CT molecular complexity index is 193. The zero-order chi connectivity index (χ0) is 6.85. The van der Waals surface area contributed by atoms with Gasteiger partial charge >= 0.3 is 0 Å². The van der Waals surface area contributed by atoms with Gasteiger partial charge in [-0.15, -0.1) is 0 Å². The average Bonchev–Trinajstić information content (AvgIpc) is 2.14. The second-order valence-corrected chi connectivity index (χ2v) is 2.22. The van der Waals surface area contributed by atoms with Crippen LogP contribution in [0, 0.1) is 0 Å². The summed E-state index contributed by atoms with van der Waals surface area (Å²) < 4.78 is 4.66. The quantitative estimate of drug-likeness (QED) is 0.561. The number of hydrogen-bond acceptors (Lipinski definition) is 3. The van der Waals surface area contributed by atoms with Gasteiger partial charge in [0.25, 0.3) is 0 Å². The van der Waals surface area contributed by atoms with Gasteiger partial charge in [0.05, 0.1) is 0 Å². The number of rotatable bonds is 1. The molecule has 0 aliphatic carbocycles. The largest absolute Gasteiger partial charge is 0.856 e. The Labute approximate surface area is 53.3 Å². The molecule has 0 fully saturated rings. The first-order chi connectivity index (χ1) is 4.20. The second-order valence-electron chi connectivity index (χ2n) is 2.22. The van der Waals surface area contributed by atoms with Crippen LogP contribution < -0.4 is 5.11 Å². The molecule has 0 aliphatic heterocycles. The normalized spacial score (nSPS) is 10.6. The minimum absolute atomic E-state index is 0.250. The van der Waals surface area contributed by atoms with Gasteiger partial charge in [0.1, 0.15) is 5.76 Å². The third-order valence-corrected chi connectivity index (χ3v) is 1.08. The third kappa shape index (κ3) is 1.22. The van der Waals surface area contributed by atoms with Crippen molar-refractivity contribution in [1.29, 1.82) is 0 Å². The summed E-state index contributed by atoms with van der Waals surface area (Å²) in [5.74, 6) is 0.610. The first kappa shape index (κ1) is 6.13. The smallest absolute Gasteiger partial charge is 0.138 e. The molecular weight excluding hydrogens is 118 g/mol. The van der Waals surface area contributed by atoms with E-state index in [9.17, 15) is 5.11 Å². The molecule has 0 atom stereocenters. The van der Waals surface area contributed by atoms with Crippen molar-refractivity contribution in [3.05, 3.63) is 11.8 Å². The highest BCUT2D eigenvalue weighted by Gasteiger charge is 2.01. The van der Waals surface area contributed by atoms with Crippen molar-refractivity contribution < 1.29 is 9.63 Å². The first-order valence-electron chi connectivity index (χ1n) is 2.84. The van der Waals surface area contributed by atoms with Crippen LogP contribution in [0.25, 0.3) is 0 Å². The average molecular weight is 126 g/mol. The van der Waals surface area contributed by atoms with E-state index in [1.807, 2.05) is 13.8 Å². The van der Waals surface area contributed by atoms with Gasteiger partial charge in [-0.2, -0.15) is 0 Å². The predicted octanol–water partition coefficient (Wildman–Crippen LogP) is 0.872. The Morgan fingerprint density at radius 3 is 2.56 bits per heavy atom. The Kier molecular flexibility index (Phi) is 1.42. The highest BCUT2D eigenvalue weighted by Crippen LogP contribution is 2.15. The molecule has 0 saturated carbocycles. The summed E-state index contributed by atoms with van der Waals surface area (Å²) in [6.45, 7) is 3.89. The van der Waals surface area contributed by atoms with Crippen molar-refractivity contribution in [2.45, 2.75) is 19.8 Å². The number of aromatic nitrogens is 1. The maximum Gasteiger partial charge on any atom is 0.138 e. The molecule has 0 saturated heterocycles. The maximum absolute atomic E-state index is 10.4. The van der Waals surface area contributed by atoms with Crippen LogP contribution in [0.2, 0.25) is 0 Å². The Hall–Kier alpha value is -0.990. The summed E-state index contributed by atoms with van der Waals surface area (Å²) in [6.07, 6.45) is 0. The summed E-state index contributed by atoms with van der Waals surface area (Å²) >= 11 is 0. The van der Waals surface area contributed by atoms with Crippen molar-refractivity contribution in [2.24, 2.45) is 0 Å². The SMILES string of the molecule is CC(C)c1cc([O-])no1. The lowest BCUT2D eigenvalue weighted by atomic mass is 10.2. The number of nitrogens with zero attached hydrogens (tertiary/aromatic N) is 1. The lowest BCUT2D eigenvalue weighted by Crippen LogP contribution is -1.86. The van der Waals surface area contributed by atoms with E-state index in [0.717, 1.165) is 0 Å². The lowest BCUT2D eigenvalue weighted by Gasteiger charge is -1.93. The van der Waals surface area contributed by atoms with Crippen LogP contribution in [0.5, 0.6) is 5.88 Å². The molecule has 0 radical (unpaired) electrons. The van der Waals surface area contributed by atoms with E-state index in [4.69, 9.17) is 0 Å². The molecule has 0 amide bonds. The lowest BCUT2D eigenvalue weighted by molar-refractivity contribution is -0.277. The van der Waals surface area contributed by atoms with Crippen LogP contribution in [0.1, 0.15) is 25.5 Å². The molecule has 1 heterocycles. The second kappa shape index (κ2) is 2.09. The Balaban J connectivity index is 2.85. The topological polar surface area (TPSA) is 49.1 Å². The van der Waals surface area contributed by atoms with E-state index >= 15 is 0 Å². The maximum atomic E-state index is 10.4. The fraction of sp³-hybridized carbons (Fsp3) is 0.500. The van der Waals surface area contributed by atoms with Crippen molar-refractivity contribution in [1.82, 2.24) is 5.16 Å². The van der Waals surface area contributed by atoms with Crippen LogP contribution >= 0.6 is 0 Å². The summed E-state index contributed by atoms with van der Waals surface area (Å²) in [6, 6.07) is 1.41. The minimum Gasteiger partial charge on any atom is -0.856 e. The van der Waals surface area contributed by atoms with E-state index < -0.39 is 0 Å². The van der Waals surface area contributed by atoms with Crippen molar-refractivity contribution in [3.63, 3.8) is 0 Å². The third-order valence-electron chi connectivity index (χ3n) is 1.08. The molecular formula is C6H8NO2-. The summed E-state index contributed by atoms with van der Waals surface area (Å²) in [4.78, 5) is 0. The molecule has 0 bridgehead atoms. The van der Waals surface area contributed by atoms with Crippen LogP contribution in [-0.4, -0.2) is 5.16 Å². The van der Waals surface area contributed by atoms with Crippen LogP contribution in [0.15, 0.2) is 10.6 Å². The summed E-state index contributed by atoms with van der Waals surface area (Å²) in [5.41, 5.74) is 0. The highest BCUT2D eigenvalue weighted by atomic mass is 16.5. The van der Waals surface area contributed by atoms with Crippen molar-refractivity contribution >= 4 is 0 Å². The first-order valence-corrected chi connectivity index (χ1v) is 2.84. The summed E-state index contributed by atoms with van der Waals surface area (Å²) in [7, 11) is 0. The molecule has 0 spiro atoms. The fourth-order valence-corrected chi connectivity index (χ4v) is 0.544.